The summed E-state index contributed by atoms with van der Waals surface area (Å²) >= 11 is 0. The van der Waals surface area contributed by atoms with Crippen molar-refractivity contribution in [3.63, 3.8) is 0 Å². The average Bonchev–Trinajstić information content (AvgIpc) is 3.39. The number of rotatable bonds is 5. The summed E-state index contributed by atoms with van der Waals surface area (Å²) in [5.41, 5.74) is 7.32. The molecule has 2 fully saturated rings. The summed E-state index contributed by atoms with van der Waals surface area (Å²) < 4.78 is 0. The Hall–Kier alpha value is -2.04. The molecule has 0 radical (unpaired) electrons. The average molecular weight is 329 g/mol. The molecule has 2 aliphatic rings. The van der Waals surface area contributed by atoms with Crippen LogP contribution in [0.15, 0.2) is 18.2 Å². The maximum absolute atomic E-state index is 12.8. The minimum atomic E-state index is -0.467. The Morgan fingerprint density at radius 3 is 2.50 bits per heavy atom. The van der Waals surface area contributed by atoms with Crippen molar-refractivity contribution in [1.82, 2.24) is 4.90 Å². The number of carbonyl (C=O) groups excluding carboxylic acids is 2. The van der Waals surface area contributed by atoms with Crippen molar-refractivity contribution in [3.8, 4) is 0 Å². The van der Waals surface area contributed by atoms with E-state index >= 15 is 0 Å². The van der Waals surface area contributed by atoms with Gasteiger partial charge in [0.15, 0.2) is 0 Å². The fourth-order valence-corrected chi connectivity index (χ4v) is 3.53. The minimum Gasteiger partial charge on any atom is -0.366 e. The zero-order valence-electron chi connectivity index (χ0n) is 14.4. The Labute approximate surface area is 143 Å². The molecule has 5 heteroatoms. The van der Waals surface area contributed by atoms with Crippen molar-refractivity contribution in [3.05, 3.63) is 29.3 Å². The van der Waals surface area contributed by atoms with Crippen LogP contribution in [0.2, 0.25) is 0 Å². The van der Waals surface area contributed by atoms with Crippen LogP contribution in [0.3, 0.4) is 0 Å². The number of urea groups is 1. The minimum absolute atomic E-state index is 0.0481. The van der Waals surface area contributed by atoms with E-state index in [0.29, 0.717) is 23.2 Å². The van der Waals surface area contributed by atoms with E-state index in [1.54, 1.807) is 6.07 Å². The van der Waals surface area contributed by atoms with E-state index in [2.05, 4.69) is 5.32 Å². The normalized spacial score (nSPS) is 18.2. The summed E-state index contributed by atoms with van der Waals surface area (Å²) in [6.45, 7) is 2.69. The third-order valence-electron chi connectivity index (χ3n) is 5.18. The molecule has 3 N–H and O–H groups in total. The lowest BCUT2D eigenvalue weighted by Gasteiger charge is -2.34. The summed E-state index contributed by atoms with van der Waals surface area (Å²) in [5.74, 6) is 0.197. The fourth-order valence-electron chi connectivity index (χ4n) is 3.53. The topological polar surface area (TPSA) is 75.4 Å². The second-order valence-corrected chi connectivity index (χ2v) is 7.21. The number of benzene rings is 1. The molecule has 130 valence electrons. The second kappa shape index (κ2) is 7.24. The highest BCUT2D eigenvalue weighted by Gasteiger charge is 2.31. The Bertz CT molecular complexity index is 619. The molecule has 3 rings (SSSR count). The van der Waals surface area contributed by atoms with Gasteiger partial charge in [0.25, 0.3) is 0 Å². The van der Waals surface area contributed by atoms with Crippen LogP contribution in [0, 0.1) is 12.8 Å². The van der Waals surface area contributed by atoms with Gasteiger partial charge in [-0.1, -0.05) is 25.3 Å². The zero-order chi connectivity index (χ0) is 17.1. The Morgan fingerprint density at radius 2 is 1.88 bits per heavy atom. The molecule has 0 spiro atoms. The van der Waals surface area contributed by atoms with Crippen molar-refractivity contribution in [2.45, 2.75) is 57.9 Å². The van der Waals surface area contributed by atoms with Gasteiger partial charge in [0.05, 0.1) is 0 Å². The van der Waals surface area contributed by atoms with Gasteiger partial charge in [-0.05, 0) is 56.2 Å². The molecule has 0 heterocycles. The molecule has 2 saturated carbocycles. The number of hydrogen-bond acceptors (Lipinski definition) is 2. The largest absolute Gasteiger partial charge is 0.366 e. The number of nitrogens with zero attached hydrogens (tertiary/aromatic N) is 1. The molecule has 0 unspecified atom stereocenters. The molecule has 0 saturated heterocycles. The molecule has 5 nitrogen and oxygen atoms in total. The van der Waals surface area contributed by atoms with E-state index in [1.807, 2.05) is 24.0 Å². The summed E-state index contributed by atoms with van der Waals surface area (Å²) in [4.78, 5) is 26.4. The van der Waals surface area contributed by atoms with Gasteiger partial charge in [-0.3, -0.25) is 4.79 Å². The highest BCUT2D eigenvalue weighted by molar-refractivity contribution is 5.97. The maximum Gasteiger partial charge on any atom is 0.322 e. The van der Waals surface area contributed by atoms with Crippen LogP contribution < -0.4 is 11.1 Å². The molecule has 24 heavy (non-hydrogen) atoms. The van der Waals surface area contributed by atoms with Crippen LogP contribution in [0.5, 0.6) is 0 Å². The number of carbonyl (C=O) groups is 2. The molecule has 3 amide bonds. The third kappa shape index (κ3) is 4.08. The van der Waals surface area contributed by atoms with Crippen LogP contribution >= 0.6 is 0 Å². The number of anilines is 1. The first-order valence-corrected chi connectivity index (χ1v) is 9.02. The van der Waals surface area contributed by atoms with Gasteiger partial charge in [0, 0.05) is 23.8 Å². The van der Waals surface area contributed by atoms with Gasteiger partial charge in [-0.15, -0.1) is 0 Å². The van der Waals surface area contributed by atoms with E-state index < -0.39 is 5.91 Å². The summed E-state index contributed by atoms with van der Waals surface area (Å²) in [7, 11) is 0. The van der Waals surface area contributed by atoms with Crippen molar-refractivity contribution >= 4 is 17.6 Å². The van der Waals surface area contributed by atoms with Crippen LogP contribution in [0.4, 0.5) is 10.5 Å². The predicted molar refractivity (Wildman–Crippen MR) is 95.0 cm³/mol. The van der Waals surface area contributed by atoms with Crippen LogP contribution in [-0.4, -0.2) is 29.4 Å². The fraction of sp³-hybridized carbons (Fsp3) is 0.579. The highest BCUT2D eigenvalue weighted by Crippen LogP contribution is 2.33. The molecular formula is C19H27N3O2. The number of hydrogen-bond donors (Lipinski definition) is 2. The summed E-state index contributed by atoms with van der Waals surface area (Å²) in [6.07, 6.45) is 8.33. The van der Waals surface area contributed by atoms with Gasteiger partial charge >= 0.3 is 6.03 Å². The number of aryl methyl sites for hydroxylation is 1. The number of primary amides is 1. The van der Waals surface area contributed by atoms with Crippen LogP contribution in [0.25, 0.3) is 0 Å². The number of nitrogens with two attached hydrogens (primary N) is 1. The van der Waals surface area contributed by atoms with Crippen molar-refractivity contribution in [1.29, 1.82) is 0 Å². The quantitative estimate of drug-likeness (QED) is 0.865. The standard InChI is InChI=1S/C19H27N3O2/c1-13-7-10-15(11-17(13)18(20)23)21-19(24)22(12-14-8-9-14)16-5-3-2-4-6-16/h7,10-11,14,16H,2-6,8-9,12H2,1H3,(H2,20,23)(H,21,24). The smallest absolute Gasteiger partial charge is 0.322 e. The Kier molecular flexibility index (Phi) is 5.07. The third-order valence-corrected chi connectivity index (χ3v) is 5.18. The van der Waals surface area contributed by atoms with Gasteiger partial charge in [0.1, 0.15) is 0 Å². The molecule has 1 aromatic rings. The number of amides is 3. The van der Waals surface area contributed by atoms with E-state index in [4.69, 9.17) is 5.73 Å². The summed E-state index contributed by atoms with van der Waals surface area (Å²) in [5, 5.41) is 2.97. The molecule has 1 aromatic carbocycles. The Morgan fingerprint density at radius 1 is 1.17 bits per heavy atom. The van der Waals surface area contributed by atoms with Gasteiger partial charge < -0.3 is 16.0 Å². The first kappa shape index (κ1) is 16.8. The lowest BCUT2D eigenvalue weighted by atomic mass is 9.94. The molecule has 0 aromatic heterocycles. The molecule has 0 atom stereocenters. The van der Waals surface area contributed by atoms with Crippen LogP contribution in [0.1, 0.15) is 60.9 Å². The first-order valence-electron chi connectivity index (χ1n) is 9.02. The zero-order valence-corrected chi connectivity index (χ0v) is 14.4. The second-order valence-electron chi connectivity index (χ2n) is 7.21. The van der Waals surface area contributed by atoms with Crippen molar-refractivity contribution in [2.75, 3.05) is 11.9 Å². The van der Waals surface area contributed by atoms with E-state index in [1.165, 1.54) is 32.1 Å². The van der Waals surface area contributed by atoms with Crippen LogP contribution in [-0.2, 0) is 0 Å². The monoisotopic (exact) mass is 329 g/mol. The van der Waals surface area contributed by atoms with Crippen molar-refractivity contribution < 1.29 is 9.59 Å². The molecule has 2 aliphatic carbocycles. The number of nitrogens with one attached hydrogen (secondary N) is 1. The maximum atomic E-state index is 12.8. The summed E-state index contributed by atoms with van der Waals surface area (Å²) in [6, 6.07) is 5.62. The van der Waals surface area contributed by atoms with Crippen molar-refractivity contribution in [2.24, 2.45) is 11.7 Å². The lowest BCUT2D eigenvalue weighted by Crippen LogP contribution is -2.45. The van der Waals surface area contributed by atoms with E-state index in [0.717, 1.165) is 24.9 Å². The van der Waals surface area contributed by atoms with E-state index in [-0.39, 0.29) is 6.03 Å². The SMILES string of the molecule is Cc1ccc(NC(=O)N(CC2CC2)C2CCCCC2)cc1C(N)=O. The van der Waals surface area contributed by atoms with Gasteiger partial charge in [-0.2, -0.15) is 0 Å². The van der Waals surface area contributed by atoms with Gasteiger partial charge in [-0.25, -0.2) is 4.79 Å². The first-order chi connectivity index (χ1) is 11.5. The molecule has 0 aliphatic heterocycles. The molecule has 0 bridgehead atoms. The highest BCUT2D eigenvalue weighted by atomic mass is 16.2. The Balaban J connectivity index is 1.72. The van der Waals surface area contributed by atoms with Gasteiger partial charge in [0.2, 0.25) is 5.91 Å². The predicted octanol–water partition coefficient (Wildman–Crippen LogP) is 3.67. The molecular weight excluding hydrogens is 302 g/mol. The van der Waals surface area contributed by atoms with E-state index in [9.17, 15) is 9.59 Å². The lowest BCUT2D eigenvalue weighted by molar-refractivity contribution is 0.0999.